The van der Waals surface area contributed by atoms with Gasteiger partial charge in [-0.05, 0) is 41.8 Å². The Morgan fingerprint density at radius 1 is 0.912 bits per heavy atom. The summed E-state index contributed by atoms with van der Waals surface area (Å²) in [5.41, 5.74) is 1.25. The topological polar surface area (TPSA) is 80.5 Å². The zero-order chi connectivity index (χ0) is 23.5. The minimum absolute atomic E-state index is 0.00157. The van der Waals surface area contributed by atoms with Gasteiger partial charge in [-0.2, -0.15) is 5.26 Å². The molecular formula is C27H27N5O2. The number of anilines is 1. The zero-order valence-electron chi connectivity index (χ0n) is 19.1. The van der Waals surface area contributed by atoms with Crippen LogP contribution in [0.3, 0.4) is 0 Å². The molecule has 0 aliphatic carbocycles. The Morgan fingerprint density at radius 2 is 1.71 bits per heavy atom. The Kier molecular flexibility index (Phi) is 6.13. The zero-order valence-corrected chi connectivity index (χ0v) is 19.1. The summed E-state index contributed by atoms with van der Waals surface area (Å²) in [6.07, 6.45) is 3.32. The predicted octanol–water partition coefficient (Wildman–Crippen LogP) is 3.31. The van der Waals surface area contributed by atoms with Crippen LogP contribution in [0.4, 0.5) is 5.82 Å². The second-order valence-electron chi connectivity index (χ2n) is 8.92. The molecule has 7 nitrogen and oxygen atoms in total. The molecule has 1 unspecified atom stereocenters. The molecule has 2 aromatic carbocycles. The van der Waals surface area contributed by atoms with Gasteiger partial charge in [-0.3, -0.25) is 9.59 Å². The highest BCUT2D eigenvalue weighted by Crippen LogP contribution is 2.25. The fourth-order valence-corrected chi connectivity index (χ4v) is 5.08. The van der Waals surface area contributed by atoms with Gasteiger partial charge < -0.3 is 14.7 Å². The molecule has 3 heterocycles. The third-order valence-corrected chi connectivity index (χ3v) is 6.88. The quantitative estimate of drug-likeness (QED) is 0.608. The van der Waals surface area contributed by atoms with Crippen molar-refractivity contribution >= 4 is 28.4 Å². The standard InChI is InChI=1S/C27H27N5O2/c28-18-21-8-4-12-29-25(21)30-14-16-31(17-15-30)26(33)22-9-5-13-32(19-22)27(34)24-11-3-7-20-6-1-2-10-23(20)24/h1-4,6-8,10-12,22H,5,9,13-17,19H2. The summed E-state index contributed by atoms with van der Waals surface area (Å²) in [5, 5.41) is 11.4. The second kappa shape index (κ2) is 9.52. The number of benzene rings is 2. The maximum atomic E-state index is 13.4. The summed E-state index contributed by atoms with van der Waals surface area (Å²) >= 11 is 0. The molecule has 172 valence electrons. The van der Waals surface area contributed by atoms with Crippen LogP contribution >= 0.6 is 0 Å². The Morgan fingerprint density at radius 3 is 2.53 bits per heavy atom. The number of hydrogen-bond donors (Lipinski definition) is 0. The fourth-order valence-electron chi connectivity index (χ4n) is 5.08. The molecule has 0 saturated carbocycles. The van der Waals surface area contributed by atoms with E-state index >= 15 is 0 Å². The van der Waals surface area contributed by atoms with E-state index in [2.05, 4.69) is 16.0 Å². The molecule has 0 N–H and O–H groups in total. The van der Waals surface area contributed by atoms with Crippen molar-refractivity contribution in [1.29, 1.82) is 5.26 Å². The van der Waals surface area contributed by atoms with Gasteiger partial charge in [0.15, 0.2) is 0 Å². The van der Waals surface area contributed by atoms with Crippen molar-refractivity contribution in [2.45, 2.75) is 12.8 Å². The van der Waals surface area contributed by atoms with Crippen LogP contribution in [0.1, 0.15) is 28.8 Å². The molecule has 5 rings (SSSR count). The maximum absolute atomic E-state index is 13.4. The number of piperazine rings is 1. The molecule has 3 aromatic rings. The Balaban J connectivity index is 1.24. The first-order chi connectivity index (χ1) is 16.7. The van der Waals surface area contributed by atoms with E-state index in [9.17, 15) is 14.9 Å². The van der Waals surface area contributed by atoms with Crippen LogP contribution in [-0.4, -0.2) is 65.9 Å². The number of fused-ring (bicyclic) bond motifs is 1. The van der Waals surface area contributed by atoms with E-state index in [4.69, 9.17) is 0 Å². The minimum Gasteiger partial charge on any atom is -0.352 e. The Labute approximate surface area is 199 Å². The van der Waals surface area contributed by atoms with E-state index in [-0.39, 0.29) is 17.7 Å². The molecule has 0 bridgehead atoms. The molecule has 0 spiro atoms. The van der Waals surface area contributed by atoms with Crippen molar-refractivity contribution in [3.05, 3.63) is 71.9 Å². The van der Waals surface area contributed by atoms with Gasteiger partial charge in [0.2, 0.25) is 5.91 Å². The molecule has 2 aliphatic heterocycles. The van der Waals surface area contributed by atoms with Crippen LogP contribution in [0, 0.1) is 17.2 Å². The number of nitriles is 1. The molecule has 7 heteroatoms. The molecule has 0 radical (unpaired) electrons. The molecular weight excluding hydrogens is 426 g/mol. The van der Waals surface area contributed by atoms with Crippen LogP contribution in [0.2, 0.25) is 0 Å². The van der Waals surface area contributed by atoms with E-state index in [1.807, 2.05) is 52.3 Å². The molecule has 2 aliphatic rings. The number of pyridine rings is 1. The monoisotopic (exact) mass is 453 g/mol. The van der Waals surface area contributed by atoms with Crippen molar-refractivity contribution < 1.29 is 9.59 Å². The summed E-state index contributed by atoms with van der Waals surface area (Å²) < 4.78 is 0. The smallest absolute Gasteiger partial charge is 0.254 e. The number of likely N-dealkylation sites (tertiary alicyclic amines) is 1. The first-order valence-corrected chi connectivity index (χ1v) is 11.8. The van der Waals surface area contributed by atoms with Crippen molar-refractivity contribution in [3.8, 4) is 6.07 Å². The van der Waals surface area contributed by atoms with Gasteiger partial charge in [-0.1, -0.05) is 36.4 Å². The molecule has 1 aromatic heterocycles. The summed E-state index contributed by atoms with van der Waals surface area (Å²) in [7, 11) is 0. The number of amides is 2. The van der Waals surface area contributed by atoms with Crippen LogP contribution in [0.15, 0.2) is 60.8 Å². The number of aromatic nitrogens is 1. The van der Waals surface area contributed by atoms with E-state index in [0.29, 0.717) is 56.2 Å². The largest absolute Gasteiger partial charge is 0.352 e. The lowest BCUT2D eigenvalue weighted by atomic mass is 9.95. The van der Waals surface area contributed by atoms with Gasteiger partial charge in [0.1, 0.15) is 11.9 Å². The lowest BCUT2D eigenvalue weighted by Crippen LogP contribution is -2.53. The Bertz CT molecular complexity index is 1250. The van der Waals surface area contributed by atoms with E-state index in [0.717, 1.165) is 23.6 Å². The lowest BCUT2D eigenvalue weighted by molar-refractivity contribution is -0.137. The highest BCUT2D eigenvalue weighted by atomic mass is 16.2. The van der Waals surface area contributed by atoms with Crippen LogP contribution in [0.25, 0.3) is 10.8 Å². The van der Waals surface area contributed by atoms with Crippen molar-refractivity contribution in [3.63, 3.8) is 0 Å². The first-order valence-electron chi connectivity index (χ1n) is 11.8. The molecule has 34 heavy (non-hydrogen) atoms. The number of carbonyl (C=O) groups is 2. The van der Waals surface area contributed by atoms with Crippen molar-refractivity contribution in [2.24, 2.45) is 5.92 Å². The van der Waals surface area contributed by atoms with Crippen LogP contribution < -0.4 is 4.90 Å². The van der Waals surface area contributed by atoms with Crippen molar-refractivity contribution in [2.75, 3.05) is 44.2 Å². The number of carbonyl (C=O) groups excluding carboxylic acids is 2. The normalized spacial score (nSPS) is 18.6. The minimum atomic E-state index is -0.177. The molecule has 1 atom stereocenters. The van der Waals surface area contributed by atoms with E-state index in [1.165, 1.54) is 0 Å². The summed E-state index contributed by atoms with van der Waals surface area (Å²) in [6, 6.07) is 19.4. The average molecular weight is 454 g/mol. The van der Waals surface area contributed by atoms with Gasteiger partial charge in [0.05, 0.1) is 11.5 Å². The lowest BCUT2D eigenvalue weighted by Gasteiger charge is -2.39. The molecule has 2 fully saturated rings. The number of nitrogens with zero attached hydrogens (tertiary/aromatic N) is 5. The number of hydrogen-bond acceptors (Lipinski definition) is 5. The van der Waals surface area contributed by atoms with Gasteiger partial charge in [-0.15, -0.1) is 0 Å². The molecule has 2 saturated heterocycles. The summed E-state index contributed by atoms with van der Waals surface area (Å²) in [4.78, 5) is 36.9. The predicted molar refractivity (Wildman–Crippen MR) is 130 cm³/mol. The average Bonchev–Trinajstić information content (AvgIpc) is 2.92. The van der Waals surface area contributed by atoms with Crippen LogP contribution in [0.5, 0.6) is 0 Å². The molecule has 2 amide bonds. The SMILES string of the molecule is N#Cc1cccnc1N1CCN(C(=O)C2CCCN(C(=O)c3cccc4ccccc34)C2)CC1. The van der Waals surface area contributed by atoms with Gasteiger partial charge in [0, 0.05) is 51.0 Å². The third-order valence-electron chi connectivity index (χ3n) is 6.88. The second-order valence-corrected chi connectivity index (χ2v) is 8.92. The van der Waals surface area contributed by atoms with Gasteiger partial charge in [-0.25, -0.2) is 4.98 Å². The Hall–Kier alpha value is -3.92. The van der Waals surface area contributed by atoms with Crippen molar-refractivity contribution in [1.82, 2.24) is 14.8 Å². The third kappa shape index (κ3) is 4.19. The maximum Gasteiger partial charge on any atom is 0.254 e. The summed E-state index contributed by atoms with van der Waals surface area (Å²) in [5.74, 6) is 0.625. The highest BCUT2D eigenvalue weighted by Gasteiger charge is 2.33. The van der Waals surface area contributed by atoms with Crippen LogP contribution in [-0.2, 0) is 4.79 Å². The number of rotatable bonds is 3. The van der Waals surface area contributed by atoms with Gasteiger partial charge >= 0.3 is 0 Å². The van der Waals surface area contributed by atoms with E-state index in [1.54, 1.807) is 18.3 Å². The number of piperidine rings is 1. The van der Waals surface area contributed by atoms with E-state index < -0.39 is 0 Å². The fraction of sp³-hybridized carbons (Fsp3) is 0.333. The first kappa shape index (κ1) is 21.9. The summed E-state index contributed by atoms with van der Waals surface area (Å²) in [6.45, 7) is 3.60. The highest BCUT2D eigenvalue weighted by molar-refractivity contribution is 6.07. The van der Waals surface area contributed by atoms with Gasteiger partial charge in [0.25, 0.3) is 5.91 Å².